The third-order valence-corrected chi connectivity index (χ3v) is 6.33. The second kappa shape index (κ2) is 9.86. The number of nitrogens with zero attached hydrogens (tertiary/aromatic N) is 7. The summed E-state index contributed by atoms with van der Waals surface area (Å²) >= 11 is 0. The van der Waals surface area contributed by atoms with Crippen LogP contribution in [0.3, 0.4) is 0 Å². The Balaban J connectivity index is 1.24. The summed E-state index contributed by atoms with van der Waals surface area (Å²) in [5.41, 5.74) is 6.90. The number of carbonyl (C=O) groups excluding carboxylic acids is 1. The number of hydrogen-bond acceptors (Lipinski definition) is 10. The number of carbonyl (C=O) groups is 1. The first kappa shape index (κ1) is 24.8. The van der Waals surface area contributed by atoms with Gasteiger partial charge in [-0.05, 0) is 13.0 Å². The Labute approximate surface area is 212 Å². The van der Waals surface area contributed by atoms with Crippen molar-refractivity contribution in [3.8, 4) is 0 Å². The minimum absolute atomic E-state index is 0.0574. The summed E-state index contributed by atoms with van der Waals surface area (Å²) in [5.74, 6) is -1.76. The minimum atomic E-state index is -2.64. The molecule has 2 aliphatic rings. The van der Waals surface area contributed by atoms with Gasteiger partial charge in [-0.2, -0.15) is 10.1 Å². The average Bonchev–Trinajstić information content (AvgIpc) is 3.39. The summed E-state index contributed by atoms with van der Waals surface area (Å²) in [6.45, 7) is 2.31. The molecule has 1 fully saturated rings. The van der Waals surface area contributed by atoms with Crippen molar-refractivity contribution in [2.24, 2.45) is 7.05 Å². The second-order valence-corrected chi connectivity index (χ2v) is 9.30. The van der Waals surface area contributed by atoms with Gasteiger partial charge >= 0.3 is 0 Å². The molecule has 14 heteroatoms. The normalized spacial score (nSPS) is 18.9. The van der Waals surface area contributed by atoms with Gasteiger partial charge in [0.2, 0.25) is 11.9 Å². The lowest BCUT2D eigenvalue weighted by atomic mass is 10.1. The van der Waals surface area contributed by atoms with E-state index in [2.05, 4.69) is 41.4 Å². The number of amides is 1. The molecular weight excluding hydrogens is 484 g/mol. The van der Waals surface area contributed by atoms with E-state index in [0.717, 1.165) is 16.9 Å². The molecule has 1 saturated heterocycles. The quantitative estimate of drug-likeness (QED) is 0.374. The molecular formula is C23H29F2N11O. The molecule has 0 bridgehead atoms. The zero-order valence-electron chi connectivity index (χ0n) is 20.8. The van der Waals surface area contributed by atoms with E-state index in [1.807, 2.05) is 27.2 Å². The van der Waals surface area contributed by atoms with Gasteiger partial charge in [0.25, 0.3) is 5.92 Å². The summed E-state index contributed by atoms with van der Waals surface area (Å²) in [4.78, 5) is 27.7. The van der Waals surface area contributed by atoms with Crippen LogP contribution in [0.25, 0.3) is 0 Å². The number of hydrogen-bond donors (Lipinski definition) is 4. The largest absolute Gasteiger partial charge is 0.363 e. The van der Waals surface area contributed by atoms with Gasteiger partial charge in [0.05, 0.1) is 47.3 Å². The molecule has 37 heavy (non-hydrogen) atoms. The van der Waals surface area contributed by atoms with Gasteiger partial charge in [-0.15, -0.1) is 0 Å². The van der Waals surface area contributed by atoms with Crippen LogP contribution in [0.5, 0.6) is 0 Å². The molecule has 3 aromatic heterocycles. The van der Waals surface area contributed by atoms with Gasteiger partial charge in [0.1, 0.15) is 6.17 Å². The Kier molecular flexibility index (Phi) is 6.60. The van der Waals surface area contributed by atoms with Crippen LogP contribution in [-0.2, 0) is 11.8 Å². The topological polar surface area (TPSA) is 128 Å². The van der Waals surface area contributed by atoms with Crippen molar-refractivity contribution in [2.75, 3.05) is 47.6 Å². The monoisotopic (exact) mass is 513 g/mol. The number of alkyl halides is 2. The molecule has 1 unspecified atom stereocenters. The third-order valence-electron chi connectivity index (χ3n) is 6.33. The van der Waals surface area contributed by atoms with Crippen LogP contribution >= 0.6 is 0 Å². The highest BCUT2D eigenvalue weighted by atomic mass is 19.3. The fourth-order valence-corrected chi connectivity index (χ4v) is 4.31. The highest BCUT2D eigenvalue weighted by Crippen LogP contribution is 2.33. The Morgan fingerprint density at radius 2 is 1.95 bits per heavy atom. The molecule has 1 atom stereocenters. The first-order chi connectivity index (χ1) is 17.6. The number of likely N-dealkylation sites (tertiary alicyclic amines) is 1. The highest BCUT2D eigenvalue weighted by Gasteiger charge is 2.34. The maximum absolute atomic E-state index is 13.4. The fraction of sp³-hybridized carbons (Fsp3) is 0.435. The van der Waals surface area contributed by atoms with Gasteiger partial charge in [0.15, 0.2) is 5.82 Å². The van der Waals surface area contributed by atoms with Crippen molar-refractivity contribution < 1.29 is 13.6 Å². The summed E-state index contributed by atoms with van der Waals surface area (Å²) in [6, 6.07) is 1.80. The Morgan fingerprint density at radius 1 is 1.16 bits per heavy atom. The maximum atomic E-state index is 13.4. The van der Waals surface area contributed by atoms with Gasteiger partial charge in [0, 0.05) is 52.4 Å². The van der Waals surface area contributed by atoms with Crippen molar-refractivity contribution in [1.82, 2.24) is 35.1 Å². The van der Waals surface area contributed by atoms with Crippen LogP contribution in [0.4, 0.5) is 37.6 Å². The smallest absolute Gasteiger partial charge is 0.250 e. The molecule has 1 amide bonds. The summed E-state index contributed by atoms with van der Waals surface area (Å²) in [7, 11) is 3.69. The number of rotatable bonds is 7. The van der Waals surface area contributed by atoms with E-state index in [9.17, 15) is 13.6 Å². The third kappa shape index (κ3) is 5.75. The molecule has 4 N–H and O–H groups in total. The number of piperidine rings is 1. The van der Waals surface area contributed by atoms with Crippen LogP contribution in [0.1, 0.15) is 30.3 Å². The zero-order valence-corrected chi connectivity index (χ0v) is 20.8. The van der Waals surface area contributed by atoms with Crippen LogP contribution in [0, 0.1) is 6.92 Å². The molecule has 0 radical (unpaired) electrons. The van der Waals surface area contributed by atoms with Crippen molar-refractivity contribution in [3.63, 3.8) is 0 Å². The SMILES string of the molecule is Cc1ncc(NC(=O)CN2CCC(F)(F)CC2)cc1NC1NN(C)c2nc(Nc3cnn(C)c3)ncc21. The molecule has 0 saturated carbocycles. The zero-order chi connectivity index (χ0) is 26.2. The van der Waals surface area contributed by atoms with E-state index in [1.54, 1.807) is 39.2 Å². The number of fused-ring (bicyclic) bond motifs is 1. The maximum Gasteiger partial charge on any atom is 0.250 e. The number of halogens is 2. The first-order valence-electron chi connectivity index (χ1n) is 11.9. The van der Waals surface area contributed by atoms with Crippen molar-refractivity contribution >= 4 is 34.7 Å². The Hall–Kier alpha value is -3.91. The number of hydrazine groups is 1. The lowest BCUT2D eigenvalue weighted by Crippen LogP contribution is -2.43. The summed E-state index contributed by atoms with van der Waals surface area (Å²) in [6.07, 6.45) is 6.06. The summed E-state index contributed by atoms with van der Waals surface area (Å²) in [5, 5.41) is 15.3. The molecule has 5 heterocycles. The standard InChI is InChI=1S/C23H29F2N11O/c1-14-18(8-15(9-26-14)29-19(37)13-36-6-4-23(24,25)5-7-36)31-20-17-11-27-22(32-21(17)35(3)33-20)30-16-10-28-34(2)12-16/h8-12,20,31,33H,4-7,13H2,1-3H3,(H,29,37)(H,27,30,32). The lowest BCUT2D eigenvalue weighted by molar-refractivity contribution is -0.119. The Morgan fingerprint density at radius 3 is 2.68 bits per heavy atom. The molecule has 0 spiro atoms. The predicted molar refractivity (Wildman–Crippen MR) is 135 cm³/mol. The predicted octanol–water partition coefficient (Wildman–Crippen LogP) is 2.39. The molecule has 12 nitrogen and oxygen atoms in total. The van der Waals surface area contributed by atoms with Gasteiger partial charge in [-0.25, -0.2) is 19.2 Å². The molecule has 0 aromatic carbocycles. The number of nitrogens with one attached hydrogen (secondary N) is 4. The van der Waals surface area contributed by atoms with Gasteiger partial charge < -0.3 is 16.0 Å². The molecule has 196 valence electrons. The Bertz CT molecular complexity index is 1290. The van der Waals surface area contributed by atoms with Crippen LogP contribution < -0.4 is 26.4 Å². The van der Waals surface area contributed by atoms with Crippen LogP contribution in [-0.4, -0.2) is 68.1 Å². The average molecular weight is 514 g/mol. The first-order valence-corrected chi connectivity index (χ1v) is 11.9. The highest BCUT2D eigenvalue weighted by molar-refractivity contribution is 5.92. The molecule has 5 rings (SSSR count). The van der Waals surface area contributed by atoms with Crippen LogP contribution in [0.2, 0.25) is 0 Å². The fourth-order valence-electron chi connectivity index (χ4n) is 4.31. The second-order valence-electron chi connectivity index (χ2n) is 9.30. The molecule has 3 aromatic rings. The van der Waals surface area contributed by atoms with Crippen LogP contribution in [0.15, 0.2) is 30.9 Å². The van der Waals surface area contributed by atoms with Crippen molar-refractivity contribution in [1.29, 1.82) is 0 Å². The number of anilines is 5. The van der Waals surface area contributed by atoms with E-state index in [4.69, 9.17) is 0 Å². The van der Waals surface area contributed by atoms with Gasteiger partial charge in [-0.1, -0.05) is 0 Å². The number of aryl methyl sites for hydroxylation is 2. The van der Waals surface area contributed by atoms with E-state index in [-0.39, 0.29) is 44.5 Å². The van der Waals surface area contributed by atoms with Gasteiger partial charge in [-0.3, -0.25) is 24.4 Å². The number of aromatic nitrogens is 5. The van der Waals surface area contributed by atoms with Crippen molar-refractivity contribution in [2.45, 2.75) is 31.9 Å². The molecule has 0 aliphatic carbocycles. The minimum Gasteiger partial charge on any atom is -0.363 e. The van der Waals surface area contributed by atoms with E-state index < -0.39 is 5.92 Å². The number of pyridine rings is 1. The van der Waals surface area contributed by atoms with E-state index >= 15 is 0 Å². The van der Waals surface area contributed by atoms with E-state index in [0.29, 0.717) is 23.1 Å². The molecule has 2 aliphatic heterocycles. The summed E-state index contributed by atoms with van der Waals surface area (Å²) < 4.78 is 28.4. The lowest BCUT2D eigenvalue weighted by Gasteiger charge is -2.31. The van der Waals surface area contributed by atoms with Crippen molar-refractivity contribution in [3.05, 3.63) is 42.1 Å². The van der Waals surface area contributed by atoms with E-state index in [1.165, 1.54) is 0 Å².